The van der Waals surface area contributed by atoms with Crippen molar-refractivity contribution in [2.75, 3.05) is 10.6 Å². The molecule has 1 saturated carbocycles. The highest BCUT2D eigenvalue weighted by Gasteiger charge is 2.23. The molecule has 3 aromatic heterocycles. The molecule has 1 amide bonds. The number of anilines is 2. The van der Waals surface area contributed by atoms with Crippen molar-refractivity contribution in [1.29, 1.82) is 0 Å². The van der Waals surface area contributed by atoms with Gasteiger partial charge in [-0.1, -0.05) is 24.4 Å². The van der Waals surface area contributed by atoms with Crippen LogP contribution >= 0.6 is 22.9 Å². The van der Waals surface area contributed by atoms with Gasteiger partial charge in [-0.3, -0.25) is 4.79 Å². The third-order valence-corrected chi connectivity index (χ3v) is 5.81. The van der Waals surface area contributed by atoms with Gasteiger partial charge in [-0.25, -0.2) is 9.50 Å². The standard InChI is InChI=1S/C17H19ClN6OS/c18-11-8-26-9-14(11)21-16(25)15-6-5-10-7-20-17(23-24(10)15)22-13-4-2-1-3-12(13)19/h5-9,12-13H,1-4,19H2,(H,21,25)(H,22,23)/t12-,13+/m0/s1. The summed E-state index contributed by atoms with van der Waals surface area (Å²) < 4.78 is 1.58. The maximum absolute atomic E-state index is 12.6. The molecular formula is C17H19ClN6OS. The molecule has 26 heavy (non-hydrogen) atoms. The average Bonchev–Trinajstić information content (AvgIpc) is 3.23. The lowest BCUT2D eigenvalue weighted by atomic mass is 9.91. The predicted octanol–water partition coefficient (Wildman–Crippen LogP) is 3.38. The van der Waals surface area contributed by atoms with Gasteiger partial charge in [0, 0.05) is 22.8 Å². The summed E-state index contributed by atoms with van der Waals surface area (Å²) in [6, 6.07) is 3.77. The largest absolute Gasteiger partial charge is 0.349 e. The zero-order valence-corrected chi connectivity index (χ0v) is 15.6. The van der Waals surface area contributed by atoms with Crippen LogP contribution in [0.3, 0.4) is 0 Å². The molecule has 2 atom stereocenters. The Hall–Kier alpha value is -2.16. The second-order valence-electron chi connectivity index (χ2n) is 6.42. The maximum atomic E-state index is 12.6. The second kappa shape index (κ2) is 7.22. The molecule has 3 heterocycles. The molecule has 9 heteroatoms. The van der Waals surface area contributed by atoms with Gasteiger partial charge >= 0.3 is 0 Å². The Morgan fingerprint density at radius 1 is 1.31 bits per heavy atom. The first-order valence-electron chi connectivity index (χ1n) is 8.52. The van der Waals surface area contributed by atoms with Crippen LogP contribution in [0.1, 0.15) is 36.2 Å². The van der Waals surface area contributed by atoms with Crippen LogP contribution in [0.25, 0.3) is 5.52 Å². The van der Waals surface area contributed by atoms with Crippen LogP contribution in [0.2, 0.25) is 5.02 Å². The van der Waals surface area contributed by atoms with E-state index < -0.39 is 0 Å². The highest BCUT2D eigenvalue weighted by Crippen LogP contribution is 2.26. The van der Waals surface area contributed by atoms with Gasteiger partial charge in [-0.05, 0) is 25.0 Å². The molecule has 3 aromatic rings. The average molecular weight is 391 g/mol. The Morgan fingerprint density at radius 2 is 2.15 bits per heavy atom. The molecule has 136 valence electrons. The van der Waals surface area contributed by atoms with Crippen molar-refractivity contribution < 1.29 is 4.79 Å². The third kappa shape index (κ3) is 3.40. The number of nitrogens with two attached hydrogens (primary N) is 1. The molecule has 0 aromatic carbocycles. The second-order valence-corrected chi connectivity index (χ2v) is 7.57. The van der Waals surface area contributed by atoms with E-state index in [1.165, 1.54) is 11.3 Å². The summed E-state index contributed by atoms with van der Waals surface area (Å²) in [4.78, 5) is 17.0. The molecule has 1 fully saturated rings. The number of rotatable bonds is 4. The molecule has 7 nitrogen and oxygen atoms in total. The van der Waals surface area contributed by atoms with E-state index in [1.54, 1.807) is 33.6 Å². The molecule has 0 radical (unpaired) electrons. The summed E-state index contributed by atoms with van der Waals surface area (Å²) in [5, 5.41) is 14.7. The number of hydrogen-bond acceptors (Lipinski definition) is 6. The van der Waals surface area contributed by atoms with E-state index in [1.807, 2.05) is 0 Å². The molecule has 0 aliphatic heterocycles. The smallest absolute Gasteiger partial charge is 0.274 e. The Bertz CT molecular complexity index is 938. The van der Waals surface area contributed by atoms with E-state index in [-0.39, 0.29) is 18.0 Å². The molecule has 0 saturated heterocycles. The molecule has 4 rings (SSSR count). The first-order chi connectivity index (χ1) is 12.6. The first-order valence-corrected chi connectivity index (χ1v) is 9.84. The lowest BCUT2D eigenvalue weighted by Crippen LogP contribution is -2.43. The first kappa shape index (κ1) is 17.3. The zero-order valence-electron chi connectivity index (χ0n) is 14.0. The minimum atomic E-state index is -0.274. The van der Waals surface area contributed by atoms with Gasteiger partial charge in [0.2, 0.25) is 5.95 Å². The quantitative estimate of drug-likeness (QED) is 0.634. The fraction of sp³-hybridized carbons (Fsp3) is 0.353. The summed E-state index contributed by atoms with van der Waals surface area (Å²) in [5.41, 5.74) is 7.94. The lowest BCUT2D eigenvalue weighted by molar-refractivity contribution is 0.102. The van der Waals surface area contributed by atoms with E-state index in [0.717, 1.165) is 31.2 Å². The van der Waals surface area contributed by atoms with Gasteiger partial charge in [0.15, 0.2) is 0 Å². The Morgan fingerprint density at radius 3 is 2.92 bits per heavy atom. The van der Waals surface area contributed by atoms with Crippen LogP contribution in [-0.4, -0.2) is 32.6 Å². The molecular weight excluding hydrogens is 372 g/mol. The van der Waals surface area contributed by atoms with Crippen molar-refractivity contribution in [2.24, 2.45) is 5.73 Å². The fourth-order valence-corrected chi connectivity index (χ4v) is 4.16. The number of halogens is 1. The number of carbonyl (C=O) groups is 1. The monoisotopic (exact) mass is 390 g/mol. The minimum Gasteiger partial charge on any atom is -0.349 e. The molecule has 0 spiro atoms. The number of thiophene rings is 1. The van der Waals surface area contributed by atoms with Crippen LogP contribution < -0.4 is 16.4 Å². The number of nitrogens with zero attached hydrogens (tertiary/aromatic N) is 3. The number of fused-ring (bicyclic) bond motifs is 1. The van der Waals surface area contributed by atoms with Crippen molar-refractivity contribution in [3.63, 3.8) is 0 Å². The van der Waals surface area contributed by atoms with Crippen LogP contribution in [-0.2, 0) is 0 Å². The summed E-state index contributed by atoms with van der Waals surface area (Å²) >= 11 is 7.48. The summed E-state index contributed by atoms with van der Waals surface area (Å²) in [7, 11) is 0. The van der Waals surface area contributed by atoms with Crippen molar-refractivity contribution in [1.82, 2.24) is 14.6 Å². The topological polar surface area (TPSA) is 97.3 Å². The normalized spacial score (nSPS) is 20.2. The van der Waals surface area contributed by atoms with Gasteiger partial charge in [-0.15, -0.1) is 16.4 Å². The van der Waals surface area contributed by atoms with Gasteiger partial charge in [0.1, 0.15) is 5.69 Å². The highest BCUT2D eigenvalue weighted by atomic mass is 35.5. The molecule has 4 N–H and O–H groups in total. The highest BCUT2D eigenvalue weighted by molar-refractivity contribution is 7.09. The van der Waals surface area contributed by atoms with Gasteiger partial charge < -0.3 is 16.4 Å². The van der Waals surface area contributed by atoms with Gasteiger partial charge in [0.05, 0.1) is 22.4 Å². The van der Waals surface area contributed by atoms with E-state index in [4.69, 9.17) is 17.3 Å². The number of amides is 1. The van der Waals surface area contributed by atoms with Crippen molar-refractivity contribution >= 4 is 46.0 Å². The van der Waals surface area contributed by atoms with E-state index >= 15 is 0 Å². The van der Waals surface area contributed by atoms with Crippen LogP contribution in [0.5, 0.6) is 0 Å². The third-order valence-electron chi connectivity index (χ3n) is 4.63. The minimum absolute atomic E-state index is 0.0937. The molecule has 0 unspecified atom stereocenters. The van der Waals surface area contributed by atoms with Crippen LogP contribution in [0, 0.1) is 0 Å². The SMILES string of the molecule is N[C@H]1CCCC[C@H]1Nc1ncc2ccc(C(=O)Nc3cscc3Cl)n2n1. The van der Waals surface area contributed by atoms with Crippen LogP contribution in [0.15, 0.2) is 29.1 Å². The van der Waals surface area contributed by atoms with Crippen molar-refractivity contribution in [3.05, 3.63) is 39.8 Å². The van der Waals surface area contributed by atoms with E-state index in [0.29, 0.717) is 22.4 Å². The van der Waals surface area contributed by atoms with Crippen molar-refractivity contribution in [2.45, 2.75) is 37.8 Å². The molecule has 0 bridgehead atoms. The molecule has 1 aliphatic rings. The number of nitrogens with one attached hydrogen (secondary N) is 2. The van der Waals surface area contributed by atoms with E-state index in [2.05, 4.69) is 20.7 Å². The van der Waals surface area contributed by atoms with Gasteiger partial charge in [-0.2, -0.15) is 0 Å². The zero-order chi connectivity index (χ0) is 18.1. The number of aromatic nitrogens is 3. The van der Waals surface area contributed by atoms with Crippen molar-refractivity contribution in [3.8, 4) is 0 Å². The molecule has 1 aliphatic carbocycles. The summed E-state index contributed by atoms with van der Waals surface area (Å²) in [6.45, 7) is 0. The fourth-order valence-electron chi connectivity index (χ4n) is 3.20. The maximum Gasteiger partial charge on any atom is 0.274 e. The summed E-state index contributed by atoms with van der Waals surface area (Å²) in [6.07, 6.45) is 5.99. The number of hydrogen-bond donors (Lipinski definition) is 3. The Labute approximate surface area is 159 Å². The predicted molar refractivity (Wildman–Crippen MR) is 104 cm³/mol. The van der Waals surface area contributed by atoms with Crippen LogP contribution in [0.4, 0.5) is 11.6 Å². The Balaban J connectivity index is 1.58. The number of carbonyl (C=O) groups excluding carboxylic acids is 1. The van der Waals surface area contributed by atoms with Gasteiger partial charge in [0.25, 0.3) is 5.91 Å². The Kier molecular flexibility index (Phi) is 4.80. The summed E-state index contributed by atoms with van der Waals surface area (Å²) in [5.74, 6) is 0.197. The lowest BCUT2D eigenvalue weighted by Gasteiger charge is -2.29. The van der Waals surface area contributed by atoms with E-state index in [9.17, 15) is 4.79 Å².